The molecular weight excluding hydrogens is 265 g/mol. The number of aromatic nitrogens is 2. The van der Waals surface area contributed by atoms with Crippen LogP contribution in [0, 0.1) is 5.82 Å². The molecule has 1 unspecified atom stereocenters. The summed E-state index contributed by atoms with van der Waals surface area (Å²) in [7, 11) is 0. The van der Waals surface area contributed by atoms with Crippen molar-refractivity contribution in [2.45, 2.75) is 26.3 Å². The minimum Gasteiger partial charge on any atom is -0.310 e. The molecule has 0 aliphatic rings. The summed E-state index contributed by atoms with van der Waals surface area (Å²) in [6.07, 6.45) is 4.12. The molecule has 1 N–H and O–H groups in total. The third kappa shape index (κ3) is 3.33. The van der Waals surface area contributed by atoms with Gasteiger partial charge in [0, 0.05) is 12.2 Å². The molecule has 0 fully saturated rings. The summed E-state index contributed by atoms with van der Waals surface area (Å²) in [5, 5.41) is 7.82. The van der Waals surface area contributed by atoms with Crippen molar-refractivity contribution < 1.29 is 4.39 Å². The van der Waals surface area contributed by atoms with E-state index in [4.69, 9.17) is 11.6 Å². The predicted molar refractivity (Wildman–Crippen MR) is 75.2 cm³/mol. The summed E-state index contributed by atoms with van der Waals surface area (Å²) < 4.78 is 15.5. The van der Waals surface area contributed by atoms with Crippen LogP contribution >= 0.6 is 11.6 Å². The quantitative estimate of drug-likeness (QED) is 0.905. The van der Waals surface area contributed by atoms with Crippen LogP contribution < -0.4 is 5.32 Å². The van der Waals surface area contributed by atoms with Gasteiger partial charge in [0.1, 0.15) is 11.5 Å². The summed E-state index contributed by atoms with van der Waals surface area (Å²) in [6, 6.07) is 5.29. The molecule has 5 heteroatoms. The van der Waals surface area contributed by atoms with Gasteiger partial charge in [0.25, 0.3) is 0 Å². The molecular formula is C14H17ClFN3. The molecule has 0 aliphatic heterocycles. The SMILES string of the molecule is CCCNC(C)c1ccc(-n2cc(Cl)cn2)c(F)c1. The molecule has 1 heterocycles. The van der Waals surface area contributed by atoms with Crippen LogP contribution in [0.1, 0.15) is 31.9 Å². The van der Waals surface area contributed by atoms with Crippen LogP contribution in [0.5, 0.6) is 0 Å². The minimum absolute atomic E-state index is 0.129. The van der Waals surface area contributed by atoms with Crippen molar-refractivity contribution in [2.75, 3.05) is 6.54 Å². The van der Waals surface area contributed by atoms with Crippen LogP contribution in [0.3, 0.4) is 0 Å². The van der Waals surface area contributed by atoms with E-state index in [1.807, 2.05) is 13.0 Å². The number of nitrogens with one attached hydrogen (secondary N) is 1. The van der Waals surface area contributed by atoms with E-state index < -0.39 is 0 Å². The number of hydrogen-bond donors (Lipinski definition) is 1. The molecule has 1 atom stereocenters. The van der Waals surface area contributed by atoms with Crippen molar-refractivity contribution in [2.24, 2.45) is 0 Å². The molecule has 1 aromatic heterocycles. The third-order valence-electron chi connectivity index (χ3n) is 2.97. The number of halogens is 2. The first-order valence-corrected chi connectivity index (χ1v) is 6.73. The first-order valence-electron chi connectivity index (χ1n) is 6.35. The lowest BCUT2D eigenvalue weighted by Gasteiger charge is -2.14. The van der Waals surface area contributed by atoms with Crippen LogP contribution in [0.4, 0.5) is 4.39 Å². The van der Waals surface area contributed by atoms with Crippen molar-refractivity contribution in [3.8, 4) is 5.69 Å². The molecule has 3 nitrogen and oxygen atoms in total. The molecule has 0 aliphatic carbocycles. The Hall–Kier alpha value is -1.39. The molecule has 2 rings (SSSR count). The monoisotopic (exact) mass is 281 g/mol. The van der Waals surface area contributed by atoms with Gasteiger partial charge in [-0.2, -0.15) is 5.10 Å². The topological polar surface area (TPSA) is 29.9 Å². The molecule has 102 valence electrons. The Balaban J connectivity index is 2.22. The zero-order chi connectivity index (χ0) is 13.8. The summed E-state index contributed by atoms with van der Waals surface area (Å²) in [6.45, 7) is 5.04. The average molecular weight is 282 g/mol. The van der Waals surface area contributed by atoms with Crippen LogP contribution in [0.25, 0.3) is 5.69 Å². The van der Waals surface area contributed by atoms with Crippen molar-refractivity contribution in [1.82, 2.24) is 15.1 Å². The number of benzene rings is 1. The largest absolute Gasteiger partial charge is 0.310 e. The molecule has 19 heavy (non-hydrogen) atoms. The Kier molecular flexibility index (Phi) is 4.56. The van der Waals surface area contributed by atoms with Gasteiger partial charge >= 0.3 is 0 Å². The number of hydrogen-bond acceptors (Lipinski definition) is 2. The van der Waals surface area contributed by atoms with Gasteiger partial charge in [0.05, 0.1) is 11.2 Å². The smallest absolute Gasteiger partial charge is 0.149 e. The molecule has 2 aromatic rings. The summed E-state index contributed by atoms with van der Waals surface area (Å²) >= 11 is 5.79. The van der Waals surface area contributed by atoms with E-state index in [0.29, 0.717) is 10.7 Å². The predicted octanol–water partition coefficient (Wildman–Crippen LogP) is 3.73. The molecule has 0 radical (unpaired) electrons. The lowest BCUT2D eigenvalue weighted by Crippen LogP contribution is -2.19. The summed E-state index contributed by atoms with van der Waals surface area (Å²) in [5.74, 6) is -0.303. The molecule has 0 amide bonds. The fourth-order valence-electron chi connectivity index (χ4n) is 1.89. The second-order valence-corrected chi connectivity index (χ2v) is 4.93. The van der Waals surface area contributed by atoms with Crippen LogP contribution in [0.15, 0.2) is 30.6 Å². The van der Waals surface area contributed by atoms with E-state index in [1.165, 1.54) is 16.9 Å². The number of rotatable bonds is 5. The summed E-state index contributed by atoms with van der Waals surface area (Å²) in [4.78, 5) is 0. The highest BCUT2D eigenvalue weighted by molar-refractivity contribution is 6.30. The van der Waals surface area contributed by atoms with Gasteiger partial charge in [-0.3, -0.25) is 0 Å². The Morgan fingerprint density at radius 3 is 2.84 bits per heavy atom. The van der Waals surface area contributed by atoms with Crippen LogP contribution in [-0.4, -0.2) is 16.3 Å². The fourth-order valence-corrected chi connectivity index (χ4v) is 2.03. The number of nitrogens with zero attached hydrogens (tertiary/aromatic N) is 2. The molecule has 0 bridgehead atoms. The van der Waals surface area contributed by atoms with E-state index in [1.54, 1.807) is 12.3 Å². The lowest BCUT2D eigenvalue weighted by molar-refractivity contribution is 0.559. The van der Waals surface area contributed by atoms with E-state index in [-0.39, 0.29) is 11.9 Å². The van der Waals surface area contributed by atoms with E-state index in [0.717, 1.165) is 18.5 Å². The molecule has 1 aromatic carbocycles. The average Bonchev–Trinajstić information content (AvgIpc) is 2.82. The highest BCUT2D eigenvalue weighted by Gasteiger charge is 2.10. The maximum atomic E-state index is 14.1. The lowest BCUT2D eigenvalue weighted by atomic mass is 10.1. The maximum absolute atomic E-state index is 14.1. The van der Waals surface area contributed by atoms with Crippen LogP contribution in [-0.2, 0) is 0 Å². The van der Waals surface area contributed by atoms with Gasteiger partial charge in [0.2, 0.25) is 0 Å². The van der Waals surface area contributed by atoms with Crippen molar-refractivity contribution in [3.63, 3.8) is 0 Å². The van der Waals surface area contributed by atoms with Gasteiger partial charge in [0.15, 0.2) is 0 Å². The second kappa shape index (κ2) is 6.17. The van der Waals surface area contributed by atoms with Gasteiger partial charge in [-0.05, 0) is 37.6 Å². The van der Waals surface area contributed by atoms with Crippen molar-refractivity contribution in [3.05, 3.63) is 47.0 Å². The summed E-state index contributed by atoms with van der Waals surface area (Å²) in [5.41, 5.74) is 1.33. The first kappa shape index (κ1) is 14.0. The Bertz CT molecular complexity index is 553. The zero-order valence-electron chi connectivity index (χ0n) is 11.0. The maximum Gasteiger partial charge on any atom is 0.149 e. The third-order valence-corrected chi connectivity index (χ3v) is 3.17. The molecule has 0 saturated heterocycles. The minimum atomic E-state index is -0.303. The van der Waals surface area contributed by atoms with Crippen LogP contribution in [0.2, 0.25) is 5.02 Å². The fraction of sp³-hybridized carbons (Fsp3) is 0.357. The Labute approximate surface area is 117 Å². The van der Waals surface area contributed by atoms with Gasteiger partial charge in [-0.1, -0.05) is 24.6 Å². The molecule has 0 saturated carbocycles. The van der Waals surface area contributed by atoms with Gasteiger partial charge < -0.3 is 5.32 Å². The van der Waals surface area contributed by atoms with Crippen molar-refractivity contribution >= 4 is 11.6 Å². The Morgan fingerprint density at radius 2 is 2.26 bits per heavy atom. The second-order valence-electron chi connectivity index (χ2n) is 4.49. The first-order chi connectivity index (χ1) is 9.11. The van der Waals surface area contributed by atoms with Gasteiger partial charge in [-0.25, -0.2) is 9.07 Å². The highest BCUT2D eigenvalue weighted by atomic mass is 35.5. The normalized spacial score (nSPS) is 12.6. The van der Waals surface area contributed by atoms with Crippen molar-refractivity contribution in [1.29, 1.82) is 0 Å². The van der Waals surface area contributed by atoms with Gasteiger partial charge in [-0.15, -0.1) is 0 Å². The standard InChI is InChI=1S/C14H17ClFN3/c1-3-6-17-10(2)11-4-5-14(13(16)7-11)19-9-12(15)8-18-19/h4-5,7-10,17H,3,6H2,1-2H3. The van der Waals surface area contributed by atoms with E-state index >= 15 is 0 Å². The van der Waals surface area contributed by atoms with E-state index in [2.05, 4.69) is 17.3 Å². The Morgan fingerprint density at radius 1 is 1.47 bits per heavy atom. The molecule has 0 spiro atoms. The highest BCUT2D eigenvalue weighted by Crippen LogP contribution is 2.20. The zero-order valence-corrected chi connectivity index (χ0v) is 11.8. The van der Waals surface area contributed by atoms with E-state index in [9.17, 15) is 4.39 Å².